The Morgan fingerprint density at radius 2 is 1.92 bits per heavy atom. The molecule has 0 saturated heterocycles. The Labute approximate surface area is 76.8 Å². The van der Waals surface area contributed by atoms with E-state index in [9.17, 15) is 0 Å². The lowest BCUT2D eigenvalue weighted by Gasteiger charge is -2.08. The first-order valence-electron chi connectivity index (χ1n) is 4.27. The highest BCUT2D eigenvalue weighted by atomic mass is 15.1. The predicted octanol–water partition coefficient (Wildman–Crippen LogP) is 1.96. The third kappa shape index (κ3) is 1.59. The first-order valence-corrected chi connectivity index (χ1v) is 4.27. The summed E-state index contributed by atoms with van der Waals surface area (Å²) in [4.78, 5) is 3.98. The van der Waals surface area contributed by atoms with E-state index >= 15 is 0 Å². The van der Waals surface area contributed by atoms with Crippen LogP contribution in [-0.2, 0) is 0 Å². The summed E-state index contributed by atoms with van der Waals surface area (Å²) >= 11 is 0. The lowest BCUT2D eigenvalue weighted by molar-refractivity contribution is 0.851. The second-order valence-electron chi connectivity index (χ2n) is 3.01. The predicted molar refractivity (Wildman–Crippen MR) is 50.3 cm³/mol. The molecule has 0 radical (unpaired) electrons. The van der Waals surface area contributed by atoms with Gasteiger partial charge in [-0.05, 0) is 23.8 Å². The lowest BCUT2D eigenvalue weighted by atomic mass is 9.99. The number of rotatable bonds is 2. The molecule has 1 atom stereocenters. The zero-order valence-electron chi connectivity index (χ0n) is 7.44. The first kappa shape index (κ1) is 7.98. The quantitative estimate of drug-likeness (QED) is 0.754. The van der Waals surface area contributed by atoms with Gasteiger partial charge in [-0.2, -0.15) is 5.10 Å². The molecule has 2 heterocycles. The van der Waals surface area contributed by atoms with Gasteiger partial charge in [0.25, 0.3) is 0 Å². The van der Waals surface area contributed by atoms with Crippen molar-refractivity contribution >= 4 is 0 Å². The van der Waals surface area contributed by atoms with Crippen molar-refractivity contribution in [2.45, 2.75) is 12.8 Å². The van der Waals surface area contributed by atoms with E-state index in [0.29, 0.717) is 5.92 Å². The van der Waals surface area contributed by atoms with Crippen LogP contribution < -0.4 is 0 Å². The number of pyridine rings is 1. The fraction of sp³-hybridized carbons (Fsp3) is 0.200. The van der Waals surface area contributed by atoms with Gasteiger partial charge < -0.3 is 0 Å². The first-order chi connectivity index (χ1) is 6.38. The number of hydrogen-bond acceptors (Lipinski definition) is 2. The number of aromatic nitrogens is 3. The van der Waals surface area contributed by atoms with Gasteiger partial charge in [0.1, 0.15) is 0 Å². The maximum atomic E-state index is 3.98. The minimum atomic E-state index is 0.352. The van der Waals surface area contributed by atoms with Crippen molar-refractivity contribution in [3.8, 4) is 0 Å². The number of aromatic amines is 1. The highest BCUT2D eigenvalue weighted by Crippen LogP contribution is 2.20. The van der Waals surface area contributed by atoms with Crippen molar-refractivity contribution in [2.75, 3.05) is 0 Å². The molecule has 0 aliphatic rings. The largest absolute Gasteiger partial charge is 0.282 e. The molecule has 0 spiro atoms. The number of hydrogen-bond donors (Lipinski definition) is 1. The molecule has 0 aliphatic carbocycles. The van der Waals surface area contributed by atoms with Crippen LogP contribution in [0.4, 0.5) is 0 Å². The molecule has 0 aromatic carbocycles. The molecule has 3 heteroatoms. The highest BCUT2D eigenvalue weighted by Gasteiger charge is 2.08. The third-order valence-electron chi connectivity index (χ3n) is 2.19. The van der Waals surface area contributed by atoms with Crippen LogP contribution >= 0.6 is 0 Å². The van der Waals surface area contributed by atoms with Gasteiger partial charge >= 0.3 is 0 Å². The molecule has 0 fully saturated rings. The molecule has 0 saturated carbocycles. The molecule has 0 aliphatic heterocycles. The van der Waals surface area contributed by atoms with E-state index < -0.39 is 0 Å². The second kappa shape index (κ2) is 3.39. The highest BCUT2D eigenvalue weighted by molar-refractivity contribution is 5.24. The van der Waals surface area contributed by atoms with Crippen LogP contribution in [0.15, 0.2) is 36.8 Å². The molecule has 0 amide bonds. The maximum Gasteiger partial charge on any atom is 0.0490 e. The Morgan fingerprint density at radius 1 is 1.15 bits per heavy atom. The number of nitrogens with zero attached hydrogens (tertiary/aromatic N) is 2. The normalized spacial score (nSPS) is 12.7. The van der Waals surface area contributed by atoms with E-state index in [-0.39, 0.29) is 0 Å². The summed E-state index contributed by atoms with van der Waals surface area (Å²) in [5.41, 5.74) is 2.38. The van der Waals surface area contributed by atoms with Crippen LogP contribution in [0.5, 0.6) is 0 Å². The standard InChI is InChI=1S/C10H11N3/c1-8(10-4-7-12-13-10)9-2-5-11-6-3-9/h2-8H,1H3,(H,12,13)/t8-/m1/s1. The van der Waals surface area contributed by atoms with E-state index in [1.54, 1.807) is 6.20 Å². The SMILES string of the molecule is C[C@H](c1ccncc1)c1ccn[nH]1. The monoisotopic (exact) mass is 173 g/mol. The van der Waals surface area contributed by atoms with Gasteiger partial charge in [0.05, 0.1) is 0 Å². The molecular weight excluding hydrogens is 162 g/mol. The van der Waals surface area contributed by atoms with E-state index in [4.69, 9.17) is 0 Å². The van der Waals surface area contributed by atoms with Crippen LogP contribution in [0.2, 0.25) is 0 Å². The van der Waals surface area contributed by atoms with Crippen molar-refractivity contribution in [1.82, 2.24) is 15.2 Å². The van der Waals surface area contributed by atoms with Crippen molar-refractivity contribution in [1.29, 1.82) is 0 Å². The van der Waals surface area contributed by atoms with E-state index in [2.05, 4.69) is 22.1 Å². The Morgan fingerprint density at radius 3 is 2.54 bits per heavy atom. The minimum Gasteiger partial charge on any atom is -0.282 e. The van der Waals surface area contributed by atoms with Crippen LogP contribution in [-0.4, -0.2) is 15.2 Å². The fourth-order valence-electron chi connectivity index (χ4n) is 1.34. The molecule has 3 nitrogen and oxygen atoms in total. The summed E-state index contributed by atoms with van der Waals surface area (Å²) in [7, 11) is 0. The lowest BCUT2D eigenvalue weighted by Crippen LogP contribution is -1.96. The number of nitrogens with one attached hydrogen (secondary N) is 1. The summed E-state index contributed by atoms with van der Waals surface area (Å²) < 4.78 is 0. The molecule has 66 valence electrons. The van der Waals surface area contributed by atoms with Gasteiger partial charge in [-0.3, -0.25) is 10.1 Å². The minimum absolute atomic E-state index is 0.352. The average Bonchev–Trinajstić information content (AvgIpc) is 2.71. The van der Waals surface area contributed by atoms with Crippen molar-refractivity contribution < 1.29 is 0 Å². The average molecular weight is 173 g/mol. The number of H-pyrrole nitrogens is 1. The van der Waals surface area contributed by atoms with E-state index in [0.717, 1.165) is 5.69 Å². The van der Waals surface area contributed by atoms with Crippen molar-refractivity contribution in [2.24, 2.45) is 0 Å². The fourth-order valence-corrected chi connectivity index (χ4v) is 1.34. The van der Waals surface area contributed by atoms with Crippen LogP contribution in [0, 0.1) is 0 Å². The summed E-state index contributed by atoms with van der Waals surface area (Å²) in [5.74, 6) is 0.352. The van der Waals surface area contributed by atoms with Crippen molar-refractivity contribution in [3.63, 3.8) is 0 Å². The van der Waals surface area contributed by atoms with E-state index in [1.165, 1.54) is 5.56 Å². The second-order valence-corrected chi connectivity index (χ2v) is 3.01. The molecule has 0 bridgehead atoms. The van der Waals surface area contributed by atoms with Crippen LogP contribution in [0.1, 0.15) is 24.1 Å². The Balaban J connectivity index is 2.29. The summed E-state index contributed by atoms with van der Waals surface area (Å²) in [6.07, 6.45) is 5.39. The van der Waals surface area contributed by atoms with Gasteiger partial charge in [0.15, 0.2) is 0 Å². The molecule has 2 aromatic rings. The molecule has 0 unspecified atom stereocenters. The topological polar surface area (TPSA) is 41.6 Å². The summed E-state index contributed by atoms with van der Waals surface area (Å²) in [5, 5.41) is 6.89. The molecule has 2 aromatic heterocycles. The zero-order valence-corrected chi connectivity index (χ0v) is 7.44. The maximum absolute atomic E-state index is 3.98. The Bertz CT molecular complexity index is 353. The van der Waals surface area contributed by atoms with Gasteiger partial charge in [-0.25, -0.2) is 0 Å². The molecular formula is C10H11N3. The third-order valence-corrected chi connectivity index (χ3v) is 2.19. The summed E-state index contributed by atoms with van der Waals surface area (Å²) in [6.45, 7) is 2.14. The van der Waals surface area contributed by atoms with Gasteiger partial charge in [0, 0.05) is 30.2 Å². The van der Waals surface area contributed by atoms with Gasteiger partial charge in [-0.1, -0.05) is 6.92 Å². The molecule has 2 rings (SSSR count). The summed E-state index contributed by atoms with van der Waals surface area (Å²) in [6, 6.07) is 6.03. The molecule has 1 N–H and O–H groups in total. The Hall–Kier alpha value is -1.64. The van der Waals surface area contributed by atoms with Gasteiger partial charge in [-0.15, -0.1) is 0 Å². The Kier molecular flexibility index (Phi) is 2.08. The molecule has 13 heavy (non-hydrogen) atoms. The van der Waals surface area contributed by atoms with Gasteiger partial charge in [0.2, 0.25) is 0 Å². The van der Waals surface area contributed by atoms with Crippen LogP contribution in [0.3, 0.4) is 0 Å². The van der Waals surface area contributed by atoms with E-state index in [1.807, 2.05) is 30.6 Å². The smallest absolute Gasteiger partial charge is 0.0490 e. The zero-order chi connectivity index (χ0) is 9.10. The van der Waals surface area contributed by atoms with Crippen molar-refractivity contribution in [3.05, 3.63) is 48.0 Å². The van der Waals surface area contributed by atoms with Crippen LogP contribution in [0.25, 0.3) is 0 Å².